The molecule has 0 amide bonds. The highest BCUT2D eigenvalue weighted by molar-refractivity contribution is 9.10. The lowest BCUT2D eigenvalue weighted by atomic mass is 10.2. The minimum Gasteiger partial charge on any atom is -0.378 e. The molecule has 13 heavy (non-hydrogen) atoms. The van der Waals surface area contributed by atoms with E-state index in [2.05, 4.69) is 31.3 Å². The van der Waals surface area contributed by atoms with E-state index in [0.717, 1.165) is 19.0 Å². The van der Waals surface area contributed by atoms with Gasteiger partial charge in [-0.3, -0.25) is 4.68 Å². The monoisotopic (exact) mass is 246 g/mol. The predicted octanol–water partition coefficient (Wildman–Crippen LogP) is 0.238. The third-order valence-electron chi connectivity index (χ3n) is 2.00. The summed E-state index contributed by atoms with van der Waals surface area (Å²) < 4.78 is 7.72. The summed E-state index contributed by atoms with van der Waals surface area (Å²) in [5, 5.41) is 7.43. The Morgan fingerprint density at radius 2 is 2.54 bits per heavy atom. The standard InChI is InChI=1S/C7H11BrN4O/c1-12-6(10-7(8)11-12)5-4-13-3-2-9-5/h5,9H,2-4H2,1H3. The number of aryl methyl sites for hydroxylation is 1. The molecular weight excluding hydrogens is 236 g/mol. The topological polar surface area (TPSA) is 52.0 Å². The normalized spacial score (nSPS) is 23.4. The number of hydrogen-bond donors (Lipinski definition) is 1. The molecule has 6 heteroatoms. The Kier molecular flexibility index (Phi) is 2.61. The van der Waals surface area contributed by atoms with Gasteiger partial charge in [0.25, 0.3) is 0 Å². The molecule has 2 rings (SSSR count). The molecule has 1 unspecified atom stereocenters. The van der Waals surface area contributed by atoms with Crippen molar-refractivity contribution in [2.75, 3.05) is 19.8 Å². The van der Waals surface area contributed by atoms with Crippen LogP contribution in [0.2, 0.25) is 0 Å². The van der Waals surface area contributed by atoms with Crippen LogP contribution >= 0.6 is 15.9 Å². The summed E-state index contributed by atoms with van der Waals surface area (Å²) in [5.74, 6) is 0.909. The molecule has 0 aliphatic carbocycles. The maximum absolute atomic E-state index is 5.34. The Morgan fingerprint density at radius 1 is 1.69 bits per heavy atom. The summed E-state index contributed by atoms with van der Waals surface area (Å²) in [6.07, 6.45) is 0. The van der Waals surface area contributed by atoms with Gasteiger partial charge in [0.1, 0.15) is 5.82 Å². The van der Waals surface area contributed by atoms with Crippen LogP contribution in [-0.4, -0.2) is 34.5 Å². The van der Waals surface area contributed by atoms with E-state index in [1.54, 1.807) is 4.68 Å². The average Bonchev–Trinajstić information content (AvgIpc) is 2.47. The fraction of sp³-hybridized carbons (Fsp3) is 0.714. The zero-order chi connectivity index (χ0) is 9.26. The van der Waals surface area contributed by atoms with Crippen molar-refractivity contribution >= 4 is 15.9 Å². The van der Waals surface area contributed by atoms with Crippen LogP contribution in [0.15, 0.2) is 4.73 Å². The number of hydrogen-bond acceptors (Lipinski definition) is 4. The van der Waals surface area contributed by atoms with E-state index >= 15 is 0 Å². The van der Waals surface area contributed by atoms with Gasteiger partial charge < -0.3 is 10.1 Å². The number of nitrogens with one attached hydrogen (secondary N) is 1. The van der Waals surface area contributed by atoms with E-state index in [0.29, 0.717) is 11.3 Å². The highest BCUT2D eigenvalue weighted by Crippen LogP contribution is 2.14. The summed E-state index contributed by atoms with van der Waals surface area (Å²) >= 11 is 3.24. The summed E-state index contributed by atoms with van der Waals surface area (Å²) in [5.41, 5.74) is 0. The van der Waals surface area contributed by atoms with Crippen LogP contribution in [0.4, 0.5) is 0 Å². The van der Waals surface area contributed by atoms with Crippen LogP contribution < -0.4 is 5.32 Å². The molecule has 1 atom stereocenters. The third-order valence-corrected chi connectivity index (χ3v) is 2.34. The maximum Gasteiger partial charge on any atom is 0.217 e. The van der Waals surface area contributed by atoms with E-state index in [1.807, 2.05) is 7.05 Å². The maximum atomic E-state index is 5.34. The average molecular weight is 247 g/mol. The van der Waals surface area contributed by atoms with Gasteiger partial charge in [0.05, 0.1) is 19.3 Å². The van der Waals surface area contributed by atoms with Crippen LogP contribution in [0.3, 0.4) is 0 Å². The Hall–Kier alpha value is -0.460. The molecule has 72 valence electrons. The molecule has 2 heterocycles. The molecule has 0 saturated carbocycles. The van der Waals surface area contributed by atoms with E-state index in [4.69, 9.17) is 4.74 Å². The van der Waals surface area contributed by atoms with Gasteiger partial charge in [0.2, 0.25) is 4.73 Å². The fourth-order valence-electron chi connectivity index (χ4n) is 1.40. The summed E-state index contributed by atoms with van der Waals surface area (Å²) in [6.45, 7) is 2.31. The Morgan fingerprint density at radius 3 is 3.08 bits per heavy atom. The van der Waals surface area contributed by atoms with E-state index < -0.39 is 0 Å². The molecule has 5 nitrogen and oxygen atoms in total. The number of ether oxygens (including phenoxy) is 1. The van der Waals surface area contributed by atoms with Crippen molar-refractivity contribution in [1.82, 2.24) is 20.1 Å². The lowest BCUT2D eigenvalue weighted by Crippen LogP contribution is -2.36. The van der Waals surface area contributed by atoms with Gasteiger partial charge in [-0.2, -0.15) is 0 Å². The highest BCUT2D eigenvalue weighted by atomic mass is 79.9. The van der Waals surface area contributed by atoms with Gasteiger partial charge in [0, 0.05) is 13.6 Å². The second-order valence-electron chi connectivity index (χ2n) is 2.94. The zero-order valence-corrected chi connectivity index (χ0v) is 8.91. The van der Waals surface area contributed by atoms with Crippen LogP contribution in [0.5, 0.6) is 0 Å². The van der Waals surface area contributed by atoms with Crippen LogP contribution in [0.25, 0.3) is 0 Å². The van der Waals surface area contributed by atoms with Crippen molar-refractivity contribution in [3.05, 3.63) is 10.6 Å². The first-order valence-electron chi connectivity index (χ1n) is 4.15. The van der Waals surface area contributed by atoms with E-state index in [9.17, 15) is 0 Å². The van der Waals surface area contributed by atoms with Crippen molar-refractivity contribution in [3.63, 3.8) is 0 Å². The highest BCUT2D eigenvalue weighted by Gasteiger charge is 2.20. The molecule has 1 N–H and O–H groups in total. The molecule has 1 aliphatic rings. The third kappa shape index (κ3) is 1.90. The smallest absolute Gasteiger partial charge is 0.217 e. The quantitative estimate of drug-likeness (QED) is 0.772. The summed E-state index contributed by atoms with van der Waals surface area (Å²) in [4.78, 5) is 4.26. The van der Waals surface area contributed by atoms with Crippen molar-refractivity contribution < 1.29 is 4.74 Å². The predicted molar refractivity (Wildman–Crippen MR) is 50.3 cm³/mol. The van der Waals surface area contributed by atoms with Crippen molar-refractivity contribution in [3.8, 4) is 0 Å². The molecule has 0 radical (unpaired) electrons. The number of nitrogens with zero attached hydrogens (tertiary/aromatic N) is 3. The SMILES string of the molecule is Cn1nc(Br)nc1C1COCCN1. The number of halogens is 1. The Balaban J connectivity index is 2.18. The van der Waals surface area contributed by atoms with Gasteiger partial charge in [-0.25, -0.2) is 4.98 Å². The van der Waals surface area contributed by atoms with Gasteiger partial charge in [0.15, 0.2) is 0 Å². The minimum absolute atomic E-state index is 0.164. The van der Waals surface area contributed by atoms with E-state index in [1.165, 1.54) is 0 Å². The number of rotatable bonds is 1. The first kappa shape index (κ1) is 9.11. The van der Waals surface area contributed by atoms with Crippen LogP contribution in [-0.2, 0) is 11.8 Å². The fourth-order valence-corrected chi connectivity index (χ4v) is 1.82. The van der Waals surface area contributed by atoms with Crippen molar-refractivity contribution in [2.45, 2.75) is 6.04 Å². The molecule has 0 spiro atoms. The Bertz CT molecular complexity index is 295. The second kappa shape index (κ2) is 3.73. The largest absolute Gasteiger partial charge is 0.378 e. The van der Waals surface area contributed by atoms with Crippen LogP contribution in [0, 0.1) is 0 Å². The molecule has 1 saturated heterocycles. The molecule has 1 aromatic rings. The molecule has 1 fully saturated rings. The molecule has 1 aromatic heterocycles. The molecule has 0 aromatic carbocycles. The molecular formula is C7H11BrN4O. The number of morpholine rings is 1. The van der Waals surface area contributed by atoms with Crippen molar-refractivity contribution in [2.24, 2.45) is 7.05 Å². The van der Waals surface area contributed by atoms with E-state index in [-0.39, 0.29) is 6.04 Å². The lowest BCUT2D eigenvalue weighted by molar-refractivity contribution is 0.0730. The first-order valence-corrected chi connectivity index (χ1v) is 4.94. The van der Waals surface area contributed by atoms with Crippen molar-refractivity contribution in [1.29, 1.82) is 0 Å². The summed E-state index contributed by atoms with van der Waals surface area (Å²) in [7, 11) is 1.88. The van der Waals surface area contributed by atoms with Gasteiger partial charge in [-0.15, -0.1) is 5.10 Å². The molecule has 0 bridgehead atoms. The van der Waals surface area contributed by atoms with Gasteiger partial charge in [-0.05, 0) is 15.9 Å². The van der Waals surface area contributed by atoms with Gasteiger partial charge in [-0.1, -0.05) is 0 Å². The molecule has 1 aliphatic heterocycles. The number of aromatic nitrogens is 3. The minimum atomic E-state index is 0.164. The Labute approximate surface area is 84.6 Å². The summed E-state index contributed by atoms with van der Waals surface area (Å²) in [6, 6.07) is 0.164. The second-order valence-corrected chi connectivity index (χ2v) is 3.65. The zero-order valence-electron chi connectivity index (χ0n) is 7.33. The first-order chi connectivity index (χ1) is 6.27. The van der Waals surface area contributed by atoms with Crippen LogP contribution in [0.1, 0.15) is 11.9 Å². The lowest BCUT2D eigenvalue weighted by Gasteiger charge is -2.22. The van der Waals surface area contributed by atoms with Gasteiger partial charge >= 0.3 is 0 Å².